The first-order valence-electron chi connectivity index (χ1n) is 14.8. The van der Waals surface area contributed by atoms with Crippen LogP contribution in [0, 0.1) is 0 Å². The van der Waals surface area contributed by atoms with Gasteiger partial charge in [0.2, 0.25) is 0 Å². The fraction of sp³-hybridized carbons (Fsp3) is 0.353. The first-order valence-corrected chi connectivity index (χ1v) is 15.6. The number of unbranched alkanes of at least 4 members (excludes halogenated alkanes) is 9. The topological polar surface area (TPSA) is 39.3 Å². The lowest BCUT2D eigenvalue weighted by molar-refractivity contribution is -0.696. The number of benzene rings is 2. The Labute approximate surface area is 270 Å². The van der Waals surface area contributed by atoms with Crippen molar-refractivity contribution in [1.29, 1.82) is 0 Å². The van der Waals surface area contributed by atoms with Crippen molar-refractivity contribution in [1.82, 2.24) is 9.97 Å². The van der Waals surface area contributed by atoms with Gasteiger partial charge in [-0.3, -0.25) is 0 Å². The van der Waals surface area contributed by atoms with Crippen LogP contribution in [0.15, 0.2) is 73.3 Å². The lowest BCUT2D eigenvalue weighted by Crippen LogP contribution is -3.00. The van der Waals surface area contributed by atoms with Gasteiger partial charge in [-0.25, -0.2) is 9.13 Å². The van der Waals surface area contributed by atoms with E-state index in [0.717, 1.165) is 34.2 Å². The molecule has 4 aromatic heterocycles. The Hall–Kier alpha value is -2.50. The van der Waals surface area contributed by atoms with Crippen molar-refractivity contribution in [2.45, 2.75) is 77.3 Å². The van der Waals surface area contributed by atoms with Gasteiger partial charge in [-0.2, -0.15) is 0 Å². The molecular formula is C34H38Cl4N4. The Balaban J connectivity index is 0.00000202. The van der Waals surface area contributed by atoms with Crippen molar-refractivity contribution in [2.24, 2.45) is 0 Å². The summed E-state index contributed by atoms with van der Waals surface area (Å²) in [5.41, 5.74) is 4.65. The molecule has 8 heteroatoms. The van der Waals surface area contributed by atoms with Gasteiger partial charge >= 0.3 is 0 Å². The lowest BCUT2D eigenvalue weighted by Gasteiger charge is -2.02. The van der Waals surface area contributed by atoms with Crippen LogP contribution in [0.5, 0.6) is 0 Å². The second kappa shape index (κ2) is 15.3. The Morgan fingerprint density at radius 3 is 1.24 bits per heavy atom. The zero-order chi connectivity index (χ0) is 27.3. The number of pyridine rings is 2. The molecule has 2 aromatic carbocycles. The number of aromatic nitrogens is 4. The largest absolute Gasteiger partial charge is 1.00 e. The second-order valence-electron chi connectivity index (χ2n) is 11.2. The molecule has 6 rings (SSSR count). The Bertz CT molecular complexity index is 1630. The van der Waals surface area contributed by atoms with Gasteiger partial charge in [-0.15, -0.1) is 0 Å². The second-order valence-corrected chi connectivity index (χ2v) is 12.1. The van der Waals surface area contributed by atoms with Crippen LogP contribution in [0.2, 0.25) is 10.0 Å². The summed E-state index contributed by atoms with van der Waals surface area (Å²) in [5.74, 6) is 0. The van der Waals surface area contributed by atoms with E-state index in [9.17, 15) is 0 Å². The molecule has 4 heterocycles. The SMILES string of the molecule is Clc1ccc2[nH]c3c[n+](CCCCCCCCCCCC[n+]4ccc5c(c4)[nH]c4ccc(Cl)cc45)ccc3c2c1.[Cl-].[Cl-]. The highest BCUT2D eigenvalue weighted by Crippen LogP contribution is 2.28. The Morgan fingerprint density at radius 2 is 0.833 bits per heavy atom. The molecular weight excluding hydrogens is 606 g/mol. The Kier molecular flexibility index (Phi) is 11.8. The minimum Gasteiger partial charge on any atom is -1.00 e. The first kappa shape index (κ1) is 32.4. The molecule has 0 radical (unpaired) electrons. The fourth-order valence-corrected chi connectivity index (χ4v) is 6.36. The van der Waals surface area contributed by atoms with E-state index >= 15 is 0 Å². The molecule has 0 saturated carbocycles. The van der Waals surface area contributed by atoms with Gasteiger partial charge < -0.3 is 34.8 Å². The molecule has 0 amide bonds. The molecule has 2 N–H and O–H groups in total. The van der Waals surface area contributed by atoms with E-state index in [4.69, 9.17) is 23.2 Å². The molecule has 0 aliphatic carbocycles. The van der Waals surface area contributed by atoms with E-state index in [-0.39, 0.29) is 24.8 Å². The minimum atomic E-state index is 0. The number of H-pyrrole nitrogens is 2. The van der Waals surface area contributed by atoms with E-state index in [1.54, 1.807) is 0 Å². The van der Waals surface area contributed by atoms with Gasteiger partial charge in [-0.1, -0.05) is 61.7 Å². The Morgan fingerprint density at radius 1 is 0.452 bits per heavy atom. The van der Waals surface area contributed by atoms with Crippen LogP contribution in [-0.4, -0.2) is 9.97 Å². The van der Waals surface area contributed by atoms with Crippen LogP contribution in [0.25, 0.3) is 43.6 Å². The van der Waals surface area contributed by atoms with Crippen LogP contribution < -0.4 is 33.9 Å². The molecule has 0 unspecified atom stereocenters. The smallest absolute Gasteiger partial charge is 0.193 e. The van der Waals surface area contributed by atoms with Crippen molar-refractivity contribution < 1.29 is 33.9 Å². The third kappa shape index (κ3) is 7.71. The predicted octanol–water partition coefficient (Wildman–Crippen LogP) is 3.45. The first-order chi connectivity index (χ1) is 19.6. The summed E-state index contributed by atoms with van der Waals surface area (Å²) in [4.78, 5) is 7.05. The monoisotopic (exact) mass is 642 g/mol. The van der Waals surface area contributed by atoms with Crippen molar-refractivity contribution >= 4 is 66.8 Å². The number of nitrogens with zero attached hydrogens (tertiary/aromatic N) is 2. The van der Waals surface area contributed by atoms with E-state index in [0.29, 0.717) is 0 Å². The number of hydrogen-bond donors (Lipinski definition) is 2. The molecule has 4 nitrogen and oxygen atoms in total. The summed E-state index contributed by atoms with van der Waals surface area (Å²) < 4.78 is 4.62. The molecule has 222 valence electrons. The van der Waals surface area contributed by atoms with Gasteiger partial charge in [0.1, 0.15) is 24.1 Å². The van der Waals surface area contributed by atoms with Crippen molar-refractivity contribution in [3.05, 3.63) is 83.4 Å². The van der Waals surface area contributed by atoms with Gasteiger partial charge in [0.15, 0.2) is 24.8 Å². The van der Waals surface area contributed by atoms with E-state index in [2.05, 4.69) is 68.2 Å². The number of halogens is 4. The highest BCUT2D eigenvalue weighted by Gasteiger charge is 2.11. The summed E-state index contributed by atoms with van der Waals surface area (Å²) >= 11 is 12.4. The van der Waals surface area contributed by atoms with Gasteiger partial charge in [-0.05, 0) is 49.2 Å². The highest BCUT2D eigenvalue weighted by molar-refractivity contribution is 6.32. The molecule has 0 atom stereocenters. The molecule has 0 bridgehead atoms. The molecule has 0 spiro atoms. The predicted molar refractivity (Wildman–Crippen MR) is 168 cm³/mol. The van der Waals surface area contributed by atoms with Crippen LogP contribution in [0.1, 0.15) is 64.2 Å². The number of rotatable bonds is 13. The summed E-state index contributed by atoms with van der Waals surface area (Å²) in [5, 5.41) is 6.45. The molecule has 6 aromatic rings. The third-order valence-electron chi connectivity index (χ3n) is 8.20. The van der Waals surface area contributed by atoms with Crippen LogP contribution in [0.4, 0.5) is 0 Å². The van der Waals surface area contributed by atoms with Crippen molar-refractivity contribution in [3.8, 4) is 0 Å². The normalized spacial score (nSPS) is 11.4. The van der Waals surface area contributed by atoms with Gasteiger partial charge in [0, 0.05) is 67.6 Å². The number of fused-ring (bicyclic) bond motifs is 6. The number of hydrogen-bond acceptors (Lipinski definition) is 0. The van der Waals surface area contributed by atoms with Crippen molar-refractivity contribution in [2.75, 3.05) is 0 Å². The molecule has 0 fully saturated rings. The summed E-state index contributed by atoms with van der Waals surface area (Å²) in [6.45, 7) is 2.15. The standard InChI is InChI=1S/C34H36Cl2N4.2ClH/c35-25-11-13-31-29(21-25)27-15-19-39(23-33(27)37-31)17-9-7-5-3-1-2-4-6-8-10-18-40-20-16-28-30-22-26(36)12-14-32(30)38-34(28)24-40;;/h11-16,19-24H,1-10,17-18H2;2*1H. The van der Waals surface area contributed by atoms with Gasteiger partial charge in [0.25, 0.3) is 0 Å². The summed E-state index contributed by atoms with van der Waals surface area (Å²) in [7, 11) is 0. The van der Waals surface area contributed by atoms with Crippen LogP contribution in [-0.2, 0) is 13.1 Å². The minimum absolute atomic E-state index is 0. The van der Waals surface area contributed by atoms with Crippen molar-refractivity contribution in [3.63, 3.8) is 0 Å². The molecule has 0 aliphatic heterocycles. The van der Waals surface area contributed by atoms with Crippen LogP contribution in [0.3, 0.4) is 0 Å². The molecule has 0 aliphatic rings. The van der Waals surface area contributed by atoms with Crippen LogP contribution >= 0.6 is 23.2 Å². The average molecular weight is 645 g/mol. The maximum atomic E-state index is 6.19. The number of aryl methyl sites for hydroxylation is 2. The summed E-state index contributed by atoms with van der Waals surface area (Å²) in [6, 6.07) is 16.5. The maximum Gasteiger partial charge on any atom is 0.193 e. The zero-order valence-electron chi connectivity index (χ0n) is 23.8. The van der Waals surface area contributed by atoms with E-state index in [1.165, 1.54) is 96.8 Å². The zero-order valence-corrected chi connectivity index (χ0v) is 26.8. The quantitative estimate of drug-likeness (QED) is 0.143. The number of aromatic amines is 2. The fourth-order valence-electron chi connectivity index (χ4n) is 6.01. The van der Waals surface area contributed by atoms with Gasteiger partial charge in [0.05, 0.1) is 0 Å². The maximum absolute atomic E-state index is 6.19. The average Bonchev–Trinajstić information content (AvgIpc) is 3.50. The van der Waals surface area contributed by atoms with E-state index in [1.807, 2.05) is 24.3 Å². The third-order valence-corrected chi connectivity index (χ3v) is 8.67. The summed E-state index contributed by atoms with van der Waals surface area (Å²) in [6.07, 6.45) is 22.1. The molecule has 42 heavy (non-hydrogen) atoms. The van der Waals surface area contributed by atoms with E-state index < -0.39 is 0 Å². The lowest BCUT2D eigenvalue weighted by atomic mass is 10.1. The number of nitrogens with one attached hydrogen (secondary N) is 2. The highest BCUT2D eigenvalue weighted by atomic mass is 35.5. The molecule has 0 saturated heterocycles.